The van der Waals surface area contributed by atoms with Crippen molar-refractivity contribution in [1.82, 2.24) is 4.31 Å². The molecule has 0 aromatic heterocycles. The minimum absolute atomic E-state index is 0.0681. The number of carbonyl (C=O) groups excluding carboxylic acids is 1. The number of rotatable bonds is 5. The molecule has 0 amide bonds. The van der Waals surface area contributed by atoms with Crippen molar-refractivity contribution in [1.29, 1.82) is 0 Å². The summed E-state index contributed by atoms with van der Waals surface area (Å²) in [5, 5.41) is 9.98. The number of halogens is 1. The highest BCUT2D eigenvalue weighted by atomic mass is 35.5. The summed E-state index contributed by atoms with van der Waals surface area (Å²) in [4.78, 5) is 23.5. The van der Waals surface area contributed by atoms with E-state index in [-0.39, 0.29) is 22.6 Å². The van der Waals surface area contributed by atoms with E-state index >= 15 is 0 Å². The van der Waals surface area contributed by atoms with Gasteiger partial charge in [0.2, 0.25) is 10.0 Å². The van der Waals surface area contributed by atoms with E-state index < -0.39 is 28.0 Å². The third-order valence-electron chi connectivity index (χ3n) is 4.39. The van der Waals surface area contributed by atoms with Gasteiger partial charge in [0.25, 0.3) is 0 Å². The Kier molecular flexibility index (Phi) is 5.55. The van der Waals surface area contributed by atoms with Gasteiger partial charge in [-0.1, -0.05) is 41.9 Å². The summed E-state index contributed by atoms with van der Waals surface area (Å²) < 4.78 is 32.4. The number of hydrogen-bond acceptors (Lipinski definition) is 5. The largest absolute Gasteiger partial charge is 0.478 e. The van der Waals surface area contributed by atoms with Crippen molar-refractivity contribution < 1.29 is 27.9 Å². The van der Waals surface area contributed by atoms with Gasteiger partial charge in [0.05, 0.1) is 29.2 Å². The summed E-state index contributed by atoms with van der Waals surface area (Å²) in [7, 11) is -3.06. The van der Waals surface area contributed by atoms with Crippen LogP contribution < -0.4 is 0 Å². The van der Waals surface area contributed by atoms with Crippen LogP contribution in [-0.4, -0.2) is 43.4 Å². The van der Waals surface area contributed by atoms with Crippen LogP contribution >= 0.6 is 11.6 Å². The van der Waals surface area contributed by atoms with E-state index in [1.165, 1.54) is 30.3 Å². The van der Waals surface area contributed by atoms with Crippen LogP contribution in [0.2, 0.25) is 5.02 Å². The summed E-state index contributed by atoms with van der Waals surface area (Å²) >= 11 is 5.90. The second kappa shape index (κ2) is 7.75. The molecule has 2 aromatic rings. The number of carboxylic acids is 1. The molecular formula is C19H16ClNO6S. The Morgan fingerprint density at radius 2 is 1.79 bits per heavy atom. The number of ether oxygens (including phenoxy) is 1. The predicted octanol–water partition coefficient (Wildman–Crippen LogP) is 2.88. The van der Waals surface area contributed by atoms with Gasteiger partial charge in [0.15, 0.2) is 0 Å². The van der Waals surface area contributed by atoms with Crippen molar-refractivity contribution in [3.8, 4) is 0 Å². The molecule has 1 unspecified atom stereocenters. The molecule has 146 valence electrons. The van der Waals surface area contributed by atoms with Crippen LogP contribution in [0.15, 0.2) is 65.1 Å². The Morgan fingerprint density at radius 1 is 1.14 bits per heavy atom. The fraction of sp³-hybridized carbons (Fsp3) is 0.158. The van der Waals surface area contributed by atoms with E-state index in [9.17, 15) is 23.1 Å². The maximum absolute atomic E-state index is 13.4. The lowest BCUT2D eigenvalue weighted by Gasteiger charge is -2.26. The van der Waals surface area contributed by atoms with Gasteiger partial charge >= 0.3 is 11.9 Å². The molecule has 0 saturated carbocycles. The molecule has 1 atom stereocenters. The van der Waals surface area contributed by atoms with E-state index in [4.69, 9.17) is 11.6 Å². The summed E-state index contributed by atoms with van der Waals surface area (Å²) in [5.41, 5.74) is 0.264. The first kappa shape index (κ1) is 20.1. The molecule has 0 radical (unpaired) electrons. The Bertz CT molecular complexity index is 1060. The van der Waals surface area contributed by atoms with Crippen molar-refractivity contribution in [2.45, 2.75) is 10.9 Å². The molecular weight excluding hydrogens is 406 g/mol. The summed E-state index contributed by atoms with van der Waals surface area (Å²) in [6.07, 6.45) is 1.35. The molecule has 7 nitrogen and oxygen atoms in total. The van der Waals surface area contributed by atoms with Gasteiger partial charge in [0.1, 0.15) is 0 Å². The zero-order chi connectivity index (χ0) is 20.5. The number of hydrogen-bond donors (Lipinski definition) is 1. The average Bonchev–Trinajstić information content (AvgIpc) is 3.14. The summed E-state index contributed by atoms with van der Waals surface area (Å²) in [5.74, 6) is -2.02. The van der Waals surface area contributed by atoms with Crippen molar-refractivity contribution in [3.05, 3.63) is 76.3 Å². The van der Waals surface area contributed by atoms with Crippen molar-refractivity contribution in [2.24, 2.45) is 0 Å². The lowest BCUT2D eigenvalue weighted by molar-refractivity contribution is -0.133. The normalized spacial score (nSPS) is 17.2. The molecule has 28 heavy (non-hydrogen) atoms. The first-order valence-corrected chi connectivity index (χ1v) is 9.97. The predicted molar refractivity (Wildman–Crippen MR) is 102 cm³/mol. The maximum atomic E-state index is 13.4. The average molecular weight is 422 g/mol. The van der Waals surface area contributed by atoms with Gasteiger partial charge in [-0.15, -0.1) is 0 Å². The molecule has 1 heterocycles. The topological polar surface area (TPSA) is 101 Å². The molecule has 0 spiro atoms. The Hall–Kier alpha value is -2.68. The van der Waals surface area contributed by atoms with E-state index in [1.807, 2.05) is 0 Å². The number of esters is 1. The molecule has 2 aromatic carbocycles. The van der Waals surface area contributed by atoms with Gasteiger partial charge in [-0.3, -0.25) is 0 Å². The van der Waals surface area contributed by atoms with E-state index in [2.05, 4.69) is 4.74 Å². The minimum atomic E-state index is -4.21. The first-order valence-electron chi connectivity index (χ1n) is 8.15. The van der Waals surface area contributed by atoms with Crippen LogP contribution in [-0.2, 0) is 19.6 Å². The zero-order valence-electron chi connectivity index (χ0n) is 14.7. The van der Waals surface area contributed by atoms with Gasteiger partial charge in [0, 0.05) is 11.6 Å². The molecule has 0 saturated heterocycles. The highest BCUT2D eigenvalue weighted by Crippen LogP contribution is 2.38. The molecule has 9 heteroatoms. The number of carboxylic acid groups (broad SMARTS) is 1. The SMILES string of the molecule is COC(=O)c1ccccc1S(=O)(=O)N1CC=C(C(=O)O)C1c1ccc(Cl)cc1. The number of aliphatic carboxylic acids is 1. The Morgan fingerprint density at radius 3 is 2.39 bits per heavy atom. The van der Waals surface area contributed by atoms with E-state index in [1.54, 1.807) is 24.3 Å². The van der Waals surface area contributed by atoms with Crippen LogP contribution in [0.25, 0.3) is 0 Å². The second-order valence-electron chi connectivity index (χ2n) is 5.98. The molecule has 0 aliphatic carbocycles. The zero-order valence-corrected chi connectivity index (χ0v) is 16.3. The second-order valence-corrected chi connectivity index (χ2v) is 8.28. The van der Waals surface area contributed by atoms with Crippen molar-refractivity contribution in [3.63, 3.8) is 0 Å². The first-order chi connectivity index (χ1) is 13.3. The number of methoxy groups -OCH3 is 1. The van der Waals surface area contributed by atoms with Gasteiger partial charge in [-0.05, 0) is 29.8 Å². The highest BCUT2D eigenvalue weighted by molar-refractivity contribution is 7.89. The van der Waals surface area contributed by atoms with E-state index in [0.717, 1.165) is 11.4 Å². The van der Waals surface area contributed by atoms with Crippen LogP contribution in [0.4, 0.5) is 0 Å². The summed E-state index contributed by atoms with van der Waals surface area (Å²) in [6.45, 7) is -0.146. The van der Waals surface area contributed by atoms with E-state index in [0.29, 0.717) is 10.6 Å². The van der Waals surface area contributed by atoms with Crippen molar-refractivity contribution >= 4 is 33.6 Å². The third-order valence-corrected chi connectivity index (χ3v) is 6.53. The molecule has 1 aliphatic rings. The smallest absolute Gasteiger partial charge is 0.339 e. The Labute approximate surface area is 166 Å². The highest BCUT2D eigenvalue weighted by Gasteiger charge is 2.41. The van der Waals surface area contributed by atoms with Gasteiger partial charge < -0.3 is 9.84 Å². The van der Waals surface area contributed by atoms with Gasteiger partial charge in [-0.2, -0.15) is 4.31 Å². The fourth-order valence-corrected chi connectivity index (χ4v) is 4.93. The van der Waals surface area contributed by atoms with Crippen LogP contribution in [0.3, 0.4) is 0 Å². The fourth-order valence-electron chi connectivity index (χ4n) is 3.09. The third kappa shape index (κ3) is 3.54. The van der Waals surface area contributed by atoms with Crippen molar-refractivity contribution in [2.75, 3.05) is 13.7 Å². The molecule has 0 fully saturated rings. The molecule has 1 aliphatic heterocycles. The molecule has 1 N–H and O–H groups in total. The summed E-state index contributed by atoms with van der Waals surface area (Å²) in [6, 6.07) is 10.9. The number of benzene rings is 2. The van der Waals surface area contributed by atoms with Gasteiger partial charge in [-0.25, -0.2) is 18.0 Å². The lowest BCUT2D eigenvalue weighted by Crippen LogP contribution is -2.34. The number of sulfonamides is 1. The maximum Gasteiger partial charge on any atom is 0.339 e. The van der Waals surface area contributed by atoms with Crippen LogP contribution in [0.5, 0.6) is 0 Å². The monoisotopic (exact) mass is 421 g/mol. The Balaban J connectivity index is 2.12. The van der Waals surface area contributed by atoms with Crippen LogP contribution in [0, 0.1) is 0 Å². The standard InChI is InChI=1S/C19H16ClNO6S/c1-27-19(24)14-4-2-3-5-16(14)28(25,26)21-11-10-15(18(22)23)17(21)12-6-8-13(20)9-7-12/h2-10,17H,11H2,1H3,(H,22,23). The molecule has 3 rings (SSSR count). The minimum Gasteiger partial charge on any atom is -0.478 e. The number of carbonyl (C=O) groups is 2. The lowest BCUT2D eigenvalue weighted by atomic mass is 10.0. The quantitative estimate of drug-likeness (QED) is 0.745. The van der Waals surface area contributed by atoms with Crippen LogP contribution in [0.1, 0.15) is 22.0 Å². The molecule has 0 bridgehead atoms. The number of nitrogens with zero attached hydrogens (tertiary/aromatic N) is 1.